The monoisotopic (exact) mass is 290 g/mol. The van der Waals surface area contributed by atoms with Crippen molar-refractivity contribution in [3.8, 4) is 0 Å². The third-order valence-corrected chi connectivity index (χ3v) is 4.82. The van der Waals surface area contributed by atoms with Gasteiger partial charge < -0.3 is 10.8 Å². The first-order valence-corrected chi connectivity index (χ1v) is 8.06. The minimum Gasteiger partial charge on any atom is -0.392 e. The summed E-state index contributed by atoms with van der Waals surface area (Å²) in [6.07, 6.45) is 6.10. The molecule has 2 aliphatic heterocycles. The highest BCUT2D eigenvalue weighted by Crippen LogP contribution is 2.22. The van der Waals surface area contributed by atoms with E-state index >= 15 is 0 Å². The maximum Gasteiger partial charge on any atom is 0.127 e. The van der Waals surface area contributed by atoms with Gasteiger partial charge in [0.2, 0.25) is 0 Å². The van der Waals surface area contributed by atoms with Crippen LogP contribution < -0.4 is 5.73 Å². The van der Waals surface area contributed by atoms with Gasteiger partial charge in [0.15, 0.2) is 0 Å². The molecule has 0 spiro atoms. The van der Waals surface area contributed by atoms with Crippen LogP contribution >= 0.6 is 0 Å². The summed E-state index contributed by atoms with van der Waals surface area (Å²) in [5.41, 5.74) is 7.05. The number of anilines is 1. The van der Waals surface area contributed by atoms with Crippen LogP contribution in [0, 0.1) is 0 Å². The first-order chi connectivity index (χ1) is 10.2. The minimum atomic E-state index is -0.119. The van der Waals surface area contributed by atoms with Crippen LogP contribution in [0.3, 0.4) is 0 Å². The number of hydrogen-bond acceptors (Lipinski definition) is 5. The van der Waals surface area contributed by atoms with E-state index in [-0.39, 0.29) is 6.10 Å². The van der Waals surface area contributed by atoms with Crippen LogP contribution in [0.25, 0.3) is 0 Å². The number of likely N-dealkylation sites (tertiary alicyclic amines) is 2. The number of aliphatic hydroxyl groups is 1. The Kier molecular flexibility index (Phi) is 4.73. The Labute approximate surface area is 126 Å². The van der Waals surface area contributed by atoms with E-state index in [0.29, 0.717) is 11.9 Å². The van der Waals surface area contributed by atoms with Crippen molar-refractivity contribution in [1.29, 1.82) is 0 Å². The summed E-state index contributed by atoms with van der Waals surface area (Å²) in [5.74, 6) is 0.652. The van der Waals surface area contributed by atoms with Gasteiger partial charge in [-0.2, -0.15) is 0 Å². The van der Waals surface area contributed by atoms with Crippen LogP contribution in [0.15, 0.2) is 18.3 Å². The molecule has 0 aromatic carbocycles. The van der Waals surface area contributed by atoms with E-state index in [0.717, 1.165) is 51.1 Å². The summed E-state index contributed by atoms with van der Waals surface area (Å²) in [5, 5.41) is 9.81. The second-order valence-electron chi connectivity index (χ2n) is 6.35. The molecule has 1 aromatic heterocycles. The fourth-order valence-electron chi connectivity index (χ4n) is 3.58. The van der Waals surface area contributed by atoms with Crippen molar-refractivity contribution < 1.29 is 5.11 Å². The highest BCUT2D eigenvalue weighted by molar-refractivity contribution is 5.38. The molecule has 0 saturated carbocycles. The van der Waals surface area contributed by atoms with Crippen LogP contribution in [0.2, 0.25) is 0 Å². The van der Waals surface area contributed by atoms with E-state index in [1.807, 2.05) is 6.07 Å². The second-order valence-corrected chi connectivity index (χ2v) is 6.35. The van der Waals surface area contributed by atoms with Gasteiger partial charge in [0, 0.05) is 30.9 Å². The van der Waals surface area contributed by atoms with Gasteiger partial charge >= 0.3 is 0 Å². The van der Waals surface area contributed by atoms with Crippen molar-refractivity contribution in [2.75, 3.05) is 31.9 Å². The minimum absolute atomic E-state index is 0.119. The van der Waals surface area contributed by atoms with Gasteiger partial charge in [0.05, 0.1) is 6.10 Å². The molecule has 0 radical (unpaired) electrons. The number of nitrogen functional groups attached to an aromatic ring is 1. The summed E-state index contributed by atoms with van der Waals surface area (Å²) in [6.45, 7) is 5.11. The van der Waals surface area contributed by atoms with Gasteiger partial charge in [-0.05, 0) is 51.4 Å². The molecule has 1 aromatic rings. The molecule has 3 rings (SSSR count). The molecule has 0 bridgehead atoms. The second kappa shape index (κ2) is 6.73. The Morgan fingerprint density at radius 1 is 1.24 bits per heavy atom. The lowest BCUT2D eigenvalue weighted by atomic mass is 9.98. The molecule has 21 heavy (non-hydrogen) atoms. The normalized spacial score (nSPS) is 26.0. The van der Waals surface area contributed by atoms with Crippen LogP contribution in [0.5, 0.6) is 0 Å². The van der Waals surface area contributed by atoms with Crippen molar-refractivity contribution in [2.24, 2.45) is 0 Å². The summed E-state index contributed by atoms with van der Waals surface area (Å²) in [6, 6.07) is 4.66. The van der Waals surface area contributed by atoms with Crippen LogP contribution in [-0.4, -0.2) is 58.2 Å². The molecule has 5 nitrogen and oxygen atoms in total. The number of nitrogens with two attached hydrogens (primary N) is 1. The average molecular weight is 290 g/mol. The van der Waals surface area contributed by atoms with E-state index < -0.39 is 0 Å². The lowest BCUT2D eigenvalue weighted by Crippen LogP contribution is -2.49. The Bertz CT molecular complexity index is 459. The van der Waals surface area contributed by atoms with Crippen LogP contribution in [-0.2, 0) is 6.54 Å². The number of aromatic nitrogens is 1. The Morgan fingerprint density at radius 3 is 2.76 bits per heavy atom. The summed E-state index contributed by atoms with van der Waals surface area (Å²) in [4.78, 5) is 9.11. The smallest absolute Gasteiger partial charge is 0.127 e. The van der Waals surface area contributed by atoms with Crippen molar-refractivity contribution in [3.63, 3.8) is 0 Å². The zero-order valence-corrected chi connectivity index (χ0v) is 12.6. The molecule has 3 N–H and O–H groups in total. The van der Waals surface area contributed by atoms with E-state index in [9.17, 15) is 5.11 Å². The molecule has 2 saturated heterocycles. The molecule has 5 heteroatoms. The topological polar surface area (TPSA) is 65.6 Å². The lowest BCUT2D eigenvalue weighted by molar-refractivity contribution is 0.0243. The number of rotatable bonds is 3. The van der Waals surface area contributed by atoms with Crippen LogP contribution in [0.4, 0.5) is 5.82 Å². The van der Waals surface area contributed by atoms with Gasteiger partial charge in [0.1, 0.15) is 5.82 Å². The first-order valence-electron chi connectivity index (χ1n) is 8.06. The molecule has 2 fully saturated rings. The van der Waals surface area contributed by atoms with Gasteiger partial charge in [-0.25, -0.2) is 4.98 Å². The SMILES string of the molecule is Nc1ncccc1CN1CCC(N2CCC[C@@H](O)C2)CC1. The Morgan fingerprint density at radius 2 is 2.05 bits per heavy atom. The Balaban J connectivity index is 1.50. The van der Waals surface area contributed by atoms with E-state index in [2.05, 4.69) is 20.9 Å². The molecule has 116 valence electrons. The molecular weight excluding hydrogens is 264 g/mol. The molecular formula is C16H26N4O. The summed E-state index contributed by atoms with van der Waals surface area (Å²) >= 11 is 0. The standard InChI is InChI=1S/C16H26N4O/c17-16-13(3-1-7-18-16)11-19-9-5-14(6-10-19)20-8-2-4-15(21)12-20/h1,3,7,14-15,21H,2,4-6,8-12H2,(H2,17,18)/t15-/m1/s1. The maximum absolute atomic E-state index is 9.81. The maximum atomic E-state index is 9.81. The van der Waals surface area contributed by atoms with E-state index in [4.69, 9.17) is 5.73 Å². The molecule has 0 aliphatic carbocycles. The molecule has 2 aliphatic rings. The van der Waals surface area contributed by atoms with Crippen molar-refractivity contribution in [1.82, 2.24) is 14.8 Å². The largest absolute Gasteiger partial charge is 0.392 e. The quantitative estimate of drug-likeness (QED) is 0.872. The van der Waals surface area contributed by atoms with E-state index in [1.54, 1.807) is 6.20 Å². The number of β-amino-alcohol motifs (C(OH)–C–C–N with tert-alkyl or cyclic N) is 1. The fraction of sp³-hybridized carbons (Fsp3) is 0.688. The third kappa shape index (κ3) is 3.73. The Hall–Kier alpha value is -1.17. The summed E-state index contributed by atoms with van der Waals surface area (Å²) in [7, 11) is 0. The van der Waals surface area contributed by atoms with Gasteiger partial charge in [-0.3, -0.25) is 9.80 Å². The molecule has 3 heterocycles. The number of pyridine rings is 1. The van der Waals surface area contributed by atoms with Gasteiger partial charge in [-0.15, -0.1) is 0 Å². The summed E-state index contributed by atoms with van der Waals surface area (Å²) < 4.78 is 0. The predicted molar refractivity (Wildman–Crippen MR) is 83.8 cm³/mol. The van der Waals surface area contributed by atoms with Gasteiger partial charge in [-0.1, -0.05) is 6.07 Å². The van der Waals surface area contributed by atoms with Crippen molar-refractivity contribution >= 4 is 5.82 Å². The molecule has 0 amide bonds. The number of nitrogens with zero attached hydrogens (tertiary/aromatic N) is 3. The number of hydrogen-bond donors (Lipinski definition) is 2. The fourth-order valence-corrected chi connectivity index (χ4v) is 3.58. The zero-order valence-electron chi connectivity index (χ0n) is 12.6. The number of piperidine rings is 2. The predicted octanol–water partition coefficient (Wildman–Crippen LogP) is 1.08. The first kappa shape index (κ1) is 14.8. The highest BCUT2D eigenvalue weighted by Gasteiger charge is 2.28. The van der Waals surface area contributed by atoms with Crippen molar-refractivity contribution in [2.45, 2.75) is 44.4 Å². The van der Waals surface area contributed by atoms with Gasteiger partial charge in [0.25, 0.3) is 0 Å². The molecule has 1 atom stereocenters. The zero-order chi connectivity index (χ0) is 14.7. The highest BCUT2D eigenvalue weighted by atomic mass is 16.3. The molecule has 0 unspecified atom stereocenters. The van der Waals surface area contributed by atoms with Crippen molar-refractivity contribution in [3.05, 3.63) is 23.9 Å². The number of aliphatic hydroxyl groups excluding tert-OH is 1. The van der Waals surface area contributed by atoms with E-state index in [1.165, 1.54) is 12.8 Å². The average Bonchev–Trinajstić information content (AvgIpc) is 2.50. The van der Waals surface area contributed by atoms with Crippen LogP contribution in [0.1, 0.15) is 31.2 Å². The third-order valence-electron chi connectivity index (χ3n) is 4.82. The lowest BCUT2D eigenvalue weighted by Gasteiger charge is -2.41.